The van der Waals surface area contributed by atoms with Crippen molar-refractivity contribution in [2.75, 3.05) is 17.7 Å². The number of esters is 1. The van der Waals surface area contributed by atoms with Crippen molar-refractivity contribution in [1.82, 2.24) is 4.98 Å². The molecule has 0 aliphatic carbocycles. The number of ketones is 1. The predicted molar refractivity (Wildman–Crippen MR) is 110 cm³/mol. The Hall–Kier alpha value is -4.00. The number of hydrogen-bond acceptors (Lipinski definition) is 6. The van der Waals surface area contributed by atoms with Crippen molar-refractivity contribution in [3.05, 3.63) is 83.6 Å². The largest absolute Gasteiger partial charge is 0.465 e. The molecule has 0 aliphatic heterocycles. The van der Waals surface area contributed by atoms with Gasteiger partial charge >= 0.3 is 5.97 Å². The fraction of sp³-hybridized carbons (Fsp3) is 0.0909. The number of carbonyl (C=O) groups excluding carboxylic acids is 3. The zero-order chi connectivity index (χ0) is 20.8. The topological polar surface area (TPSA) is 97.4 Å². The molecular formula is C22H19N3O4. The minimum absolute atomic E-state index is 0.0323. The lowest BCUT2D eigenvalue weighted by Gasteiger charge is -2.08. The van der Waals surface area contributed by atoms with E-state index in [4.69, 9.17) is 0 Å². The molecule has 0 spiro atoms. The van der Waals surface area contributed by atoms with Gasteiger partial charge in [-0.3, -0.25) is 9.59 Å². The van der Waals surface area contributed by atoms with Crippen molar-refractivity contribution in [1.29, 1.82) is 0 Å². The first kappa shape index (κ1) is 19.8. The zero-order valence-corrected chi connectivity index (χ0v) is 15.9. The highest BCUT2D eigenvalue weighted by atomic mass is 16.5. The van der Waals surface area contributed by atoms with Gasteiger partial charge in [0.1, 0.15) is 5.82 Å². The van der Waals surface area contributed by atoms with Gasteiger partial charge in [0, 0.05) is 23.1 Å². The first-order valence-corrected chi connectivity index (χ1v) is 8.80. The molecule has 1 aromatic heterocycles. The van der Waals surface area contributed by atoms with E-state index in [0.29, 0.717) is 28.2 Å². The van der Waals surface area contributed by atoms with E-state index in [9.17, 15) is 14.4 Å². The van der Waals surface area contributed by atoms with Crippen molar-refractivity contribution in [3.63, 3.8) is 0 Å². The van der Waals surface area contributed by atoms with E-state index in [0.717, 1.165) is 5.69 Å². The number of aromatic nitrogens is 1. The highest BCUT2D eigenvalue weighted by Gasteiger charge is 2.08. The van der Waals surface area contributed by atoms with Gasteiger partial charge in [0.15, 0.2) is 5.78 Å². The molecule has 0 unspecified atom stereocenters. The lowest BCUT2D eigenvalue weighted by Crippen LogP contribution is -2.12. The number of rotatable bonds is 6. The highest BCUT2D eigenvalue weighted by molar-refractivity contribution is 6.04. The minimum Gasteiger partial charge on any atom is -0.465 e. The molecule has 0 aliphatic rings. The second-order valence-electron chi connectivity index (χ2n) is 6.21. The molecule has 3 rings (SSSR count). The van der Waals surface area contributed by atoms with Crippen LogP contribution in [0.1, 0.15) is 38.0 Å². The SMILES string of the molecule is COC(=O)c1ccc(Nc2ccc(C(=O)Nc3ccc(C(C)=O)cc3)cn2)cc1. The third-order valence-corrected chi connectivity index (χ3v) is 4.15. The van der Waals surface area contributed by atoms with E-state index >= 15 is 0 Å². The fourth-order valence-electron chi connectivity index (χ4n) is 2.55. The number of hydrogen-bond donors (Lipinski definition) is 2. The Labute approximate surface area is 167 Å². The summed E-state index contributed by atoms with van der Waals surface area (Å²) in [6.45, 7) is 1.49. The lowest BCUT2D eigenvalue weighted by atomic mass is 10.1. The Morgan fingerprint density at radius 1 is 0.793 bits per heavy atom. The summed E-state index contributed by atoms with van der Waals surface area (Å²) in [6.07, 6.45) is 1.46. The average Bonchev–Trinajstić information content (AvgIpc) is 2.74. The molecule has 146 valence electrons. The first-order valence-electron chi connectivity index (χ1n) is 8.80. The molecule has 2 N–H and O–H groups in total. The number of nitrogens with zero attached hydrogens (tertiary/aromatic N) is 1. The van der Waals surface area contributed by atoms with Gasteiger partial charge in [-0.25, -0.2) is 9.78 Å². The van der Waals surface area contributed by atoms with Crippen LogP contribution in [-0.2, 0) is 4.74 Å². The number of ether oxygens (including phenoxy) is 1. The third kappa shape index (κ3) is 5.04. The monoisotopic (exact) mass is 389 g/mol. The molecule has 2 aromatic carbocycles. The van der Waals surface area contributed by atoms with Crippen LogP contribution >= 0.6 is 0 Å². The Morgan fingerprint density at radius 3 is 1.93 bits per heavy atom. The van der Waals surface area contributed by atoms with Crippen LogP contribution in [-0.4, -0.2) is 29.8 Å². The molecule has 3 aromatic rings. The second kappa shape index (κ2) is 8.79. The van der Waals surface area contributed by atoms with Crippen LogP contribution in [0.25, 0.3) is 0 Å². The summed E-state index contributed by atoms with van der Waals surface area (Å²) in [7, 11) is 1.33. The van der Waals surface area contributed by atoms with Gasteiger partial charge < -0.3 is 15.4 Å². The molecule has 0 radical (unpaired) electrons. The summed E-state index contributed by atoms with van der Waals surface area (Å²) >= 11 is 0. The number of benzene rings is 2. The lowest BCUT2D eigenvalue weighted by molar-refractivity contribution is 0.0600. The van der Waals surface area contributed by atoms with E-state index in [2.05, 4.69) is 20.4 Å². The van der Waals surface area contributed by atoms with Crippen molar-refractivity contribution in [2.24, 2.45) is 0 Å². The Kier molecular flexibility index (Phi) is 5.99. The molecule has 7 nitrogen and oxygen atoms in total. The normalized spacial score (nSPS) is 10.1. The van der Waals surface area contributed by atoms with Crippen LogP contribution in [0.15, 0.2) is 66.9 Å². The highest BCUT2D eigenvalue weighted by Crippen LogP contribution is 2.17. The van der Waals surface area contributed by atoms with Gasteiger partial charge in [-0.15, -0.1) is 0 Å². The standard InChI is InChI=1S/C22H19N3O4/c1-14(26)15-3-8-19(9-4-15)25-21(27)17-7-12-20(23-13-17)24-18-10-5-16(6-11-18)22(28)29-2/h3-13H,1-2H3,(H,23,24)(H,25,27). The van der Waals surface area contributed by atoms with Gasteiger partial charge in [-0.05, 0) is 67.6 Å². The van der Waals surface area contributed by atoms with E-state index < -0.39 is 5.97 Å². The summed E-state index contributed by atoms with van der Waals surface area (Å²) in [5, 5.41) is 5.86. The summed E-state index contributed by atoms with van der Waals surface area (Å²) in [5.41, 5.74) is 2.77. The molecular weight excluding hydrogens is 370 g/mol. The van der Waals surface area contributed by atoms with Crippen molar-refractivity contribution >= 4 is 34.9 Å². The van der Waals surface area contributed by atoms with Crippen LogP contribution in [0.4, 0.5) is 17.2 Å². The number of methoxy groups -OCH3 is 1. The van der Waals surface area contributed by atoms with Gasteiger partial charge in [-0.1, -0.05) is 0 Å². The summed E-state index contributed by atoms with van der Waals surface area (Å²) in [5.74, 6) is -0.184. The number of carbonyl (C=O) groups is 3. The maximum atomic E-state index is 12.4. The molecule has 0 fully saturated rings. The average molecular weight is 389 g/mol. The van der Waals surface area contributed by atoms with E-state index in [1.165, 1.54) is 20.2 Å². The molecule has 0 bridgehead atoms. The van der Waals surface area contributed by atoms with Gasteiger partial charge in [0.25, 0.3) is 5.91 Å². The van der Waals surface area contributed by atoms with E-state index in [1.807, 2.05) is 0 Å². The van der Waals surface area contributed by atoms with Crippen LogP contribution in [0.2, 0.25) is 0 Å². The van der Waals surface area contributed by atoms with Gasteiger partial charge in [0.05, 0.1) is 18.2 Å². The van der Waals surface area contributed by atoms with Crippen molar-refractivity contribution < 1.29 is 19.1 Å². The van der Waals surface area contributed by atoms with E-state index in [1.54, 1.807) is 60.7 Å². The summed E-state index contributed by atoms with van der Waals surface area (Å²) in [6, 6.07) is 16.8. The number of Topliss-reactive ketones (excluding diaryl/α,β-unsaturated/α-hetero) is 1. The van der Waals surface area contributed by atoms with E-state index in [-0.39, 0.29) is 11.7 Å². The molecule has 0 saturated heterocycles. The number of anilines is 3. The van der Waals surface area contributed by atoms with Crippen molar-refractivity contribution in [3.8, 4) is 0 Å². The molecule has 29 heavy (non-hydrogen) atoms. The Morgan fingerprint density at radius 2 is 1.38 bits per heavy atom. The molecule has 0 atom stereocenters. The number of amides is 1. The maximum absolute atomic E-state index is 12.4. The molecule has 0 saturated carbocycles. The zero-order valence-electron chi connectivity index (χ0n) is 15.9. The van der Waals surface area contributed by atoms with Crippen LogP contribution in [0.3, 0.4) is 0 Å². The smallest absolute Gasteiger partial charge is 0.337 e. The minimum atomic E-state index is -0.402. The molecule has 7 heteroatoms. The fourth-order valence-corrected chi connectivity index (χ4v) is 2.55. The predicted octanol–water partition coefficient (Wildman–Crippen LogP) is 4.07. The Balaban J connectivity index is 1.62. The Bertz CT molecular complexity index is 1030. The van der Waals surface area contributed by atoms with Crippen LogP contribution in [0.5, 0.6) is 0 Å². The maximum Gasteiger partial charge on any atom is 0.337 e. The number of nitrogens with one attached hydrogen (secondary N) is 2. The quantitative estimate of drug-likeness (QED) is 0.487. The number of pyridine rings is 1. The van der Waals surface area contributed by atoms with Crippen molar-refractivity contribution in [2.45, 2.75) is 6.92 Å². The third-order valence-electron chi connectivity index (χ3n) is 4.15. The summed E-state index contributed by atoms with van der Waals surface area (Å²) in [4.78, 5) is 39.3. The first-order chi connectivity index (χ1) is 14.0. The molecule has 1 amide bonds. The van der Waals surface area contributed by atoms with Crippen LogP contribution in [0, 0.1) is 0 Å². The summed E-state index contributed by atoms with van der Waals surface area (Å²) < 4.78 is 4.66. The second-order valence-corrected chi connectivity index (χ2v) is 6.21. The van der Waals surface area contributed by atoms with Gasteiger partial charge in [0.2, 0.25) is 0 Å². The van der Waals surface area contributed by atoms with Crippen LogP contribution < -0.4 is 10.6 Å². The molecule has 1 heterocycles. The van der Waals surface area contributed by atoms with Gasteiger partial charge in [-0.2, -0.15) is 0 Å².